The number of nitrogens with zero attached hydrogens (tertiary/aromatic N) is 2. The van der Waals surface area contributed by atoms with Gasteiger partial charge in [-0.15, -0.1) is 0 Å². The minimum Gasteiger partial charge on any atom is -0.289 e. The molecule has 23 heavy (non-hydrogen) atoms. The van der Waals surface area contributed by atoms with E-state index in [-0.39, 0.29) is 5.56 Å². The van der Waals surface area contributed by atoms with E-state index in [0.717, 1.165) is 47.8 Å². The number of pyridine rings is 2. The second-order valence-corrected chi connectivity index (χ2v) is 6.33. The number of rotatable bonds is 4. The van der Waals surface area contributed by atoms with Gasteiger partial charge in [0.05, 0.1) is 0 Å². The van der Waals surface area contributed by atoms with Crippen molar-refractivity contribution >= 4 is 11.0 Å². The quantitative estimate of drug-likeness (QED) is 0.718. The number of aryl methyl sites for hydroxylation is 1. The van der Waals surface area contributed by atoms with E-state index in [1.54, 1.807) is 6.20 Å². The summed E-state index contributed by atoms with van der Waals surface area (Å²) in [6.07, 6.45) is 6.12. The Morgan fingerprint density at radius 3 is 2.65 bits per heavy atom. The van der Waals surface area contributed by atoms with E-state index in [1.165, 1.54) is 5.56 Å². The first-order valence-electron chi connectivity index (χ1n) is 8.37. The number of aromatic nitrogens is 2. The zero-order valence-electron chi connectivity index (χ0n) is 13.3. The van der Waals surface area contributed by atoms with Crippen molar-refractivity contribution in [1.29, 1.82) is 0 Å². The molecule has 0 unspecified atom stereocenters. The van der Waals surface area contributed by atoms with Crippen LogP contribution >= 0.6 is 0 Å². The van der Waals surface area contributed by atoms with Gasteiger partial charge in [0.2, 0.25) is 0 Å². The summed E-state index contributed by atoms with van der Waals surface area (Å²) < 4.78 is 1.89. The Bertz CT molecular complexity index is 905. The lowest BCUT2D eigenvalue weighted by atomic mass is 10.0. The molecule has 0 aliphatic heterocycles. The maximum atomic E-state index is 13.0. The normalized spacial score (nSPS) is 14.3. The van der Waals surface area contributed by atoms with Crippen molar-refractivity contribution in [2.45, 2.75) is 38.6 Å². The minimum atomic E-state index is 0.0851. The van der Waals surface area contributed by atoms with Crippen molar-refractivity contribution in [3.8, 4) is 11.1 Å². The van der Waals surface area contributed by atoms with Crippen molar-refractivity contribution < 1.29 is 0 Å². The van der Waals surface area contributed by atoms with Gasteiger partial charge >= 0.3 is 0 Å². The van der Waals surface area contributed by atoms with Crippen LogP contribution in [0, 0.1) is 0 Å². The van der Waals surface area contributed by atoms with Crippen LogP contribution in [0.25, 0.3) is 22.2 Å². The molecule has 1 aliphatic rings. The Kier molecular flexibility index (Phi) is 3.49. The summed E-state index contributed by atoms with van der Waals surface area (Å²) in [5, 5.41) is 1.03. The molecular weight excluding hydrogens is 284 g/mol. The third-order valence-corrected chi connectivity index (χ3v) is 4.51. The van der Waals surface area contributed by atoms with Crippen LogP contribution in [0.2, 0.25) is 0 Å². The minimum absolute atomic E-state index is 0.0851. The Morgan fingerprint density at radius 1 is 1.17 bits per heavy atom. The van der Waals surface area contributed by atoms with Crippen LogP contribution in [0.1, 0.15) is 37.8 Å². The molecule has 1 saturated carbocycles. The van der Waals surface area contributed by atoms with Crippen molar-refractivity contribution in [2.24, 2.45) is 0 Å². The molecule has 116 valence electrons. The SMILES string of the molecule is CCCc1ccc(-c2cc3cccnc3n(C3CC3)c2=O)cc1. The third-order valence-electron chi connectivity index (χ3n) is 4.51. The van der Waals surface area contributed by atoms with Crippen LogP contribution in [-0.4, -0.2) is 9.55 Å². The van der Waals surface area contributed by atoms with Gasteiger partial charge in [-0.2, -0.15) is 0 Å². The predicted octanol–water partition coefficient (Wildman–Crippen LogP) is 4.35. The number of hydrogen-bond acceptors (Lipinski definition) is 2. The number of benzene rings is 1. The number of fused-ring (bicyclic) bond motifs is 1. The monoisotopic (exact) mass is 304 g/mol. The molecule has 2 heterocycles. The molecule has 4 rings (SSSR count). The van der Waals surface area contributed by atoms with Gasteiger partial charge in [-0.05, 0) is 48.6 Å². The van der Waals surface area contributed by atoms with E-state index < -0.39 is 0 Å². The summed E-state index contributed by atoms with van der Waals surface area (Å²) in [6, 6.07) is 14.7. The smallest absolute Gasteiger partial charge is 0.260 e. The van der Waals surface area contributed by atoms with E-state index in [0.29, 0.717) is 6.04 Å². The topological polar surface area (TPSA) is 34.9 Å². The van der Waals surface area contributed by atoms with Crippen molar-refractivity contribution in [3.05, 3.63) is 64.6 Å². The maximum absolute atomic E-state index is 13.0. The van der Waals surface area contributed by atoms with Crippen molar-refractivity contribution in [3.63, 3.8) is 0 Å². The molecule has 0 atom stereocenters. The van der Waals surface area contributed by atoms with Crippen molar-refractivity contribution in [2.75, 3.05) is 0 Å². The fourth-order valence-corrected chi connectivity index (χ4v) is 3.18. The largest absolute Gasteiger partial charge is 0.289 e. The molecule has 2 aromatic heterocycles. The zero-order valence-corrected chi connectivity index (χ0v) is 13.3. The van der Waals surface area contributed by atoms with Crippen LogP contribution in [0.3, 0.4) is 0 Å². The second kappa shape index (κ2) is 5.65. The molecule has 0 radical (unpaired) electrons. The van der Waals surface area contributed by atoms with Crippen LogP contribution in [0.4, 0.5) is 0 Å². The lowest BCUT2D eigenvalue weighted by Crippen LogP contribution is -2.21. The molecule has 0 N–H and O–H groups in total. The Hall–Kier alpha value is -2.42. The van der Waals surface area contributed by atoms with Gasteiger partial charge in [0.25, 0.3) is 5.56 Å². The Balaban J connectivity index is 1.89. The van der Waals surface area contributed by atoms with E-state index in [1.807, 2.05) is 22.8 Å². The average Bonchev–Trinajstić information content (AvgIpc) is 3.40. The summed E-state index contributed by atoms with van der Waals surface area (Å²) in [5.74, 6) is 0. The van der Waals surface area contributed by atoms with Crippen LogP contribution < -0.4 is 5.56 Å². The van der Waals surface area contributed by atoms with Gasteiger partial charge in [-0.25, -0.2) is 4.98 Å². The predicted molar refractivity (Wildman–Crippen MR) is 93.7 cm³/mol. The molecule has 1 aromatic carbocycles. The van der Waals surface area contributed by atoms with Crippen LogP contribution in [0.15, 0.2) is 53.5 Å². The maximum Gasteiger partial charge on any atom is 0.260 e. The molecule has 1 aliphatic carbocycles. The highest BCUT2D eigenvalue weighted by Gasteiger charge is 2.27. The van der Waals surface area contributed by atoms with Crippen molar-refractivity contribution in [1.82, 2.24) is 9.55 Å². The lowest BCUT2D eigenvalue weighted by molar-refractivity contribution is 0.731. The van der Waals surface area contributed by atoms with E-state index in [9.17, 15) is 4.79 Å². The Labute approximate surface area is 135 Å². The molecule has 3 aromatic rings. The fourth-order valence-electron chi connectivity index (χ4n) is 3.18. The van der Waals surface area contributed by atoms with Gasteiger partial charge in [-0.1, -0.05) is 37.6 Å². The summed E-state index contributed by atoms with van der Waals surface area (Å²) in [6.45, 7) is 2.18. The molecule has 0 amide bonds. The molecule has 3 heteroatoms. The molecule has 0 saturated heterocycles. The van der Waals surface area contributed by atoms with Crippen LogP contribution in [0.5, 0.6) is 0 Å². The summed E-state index contributed by atoms with van der Waals surface area (Å²) in [5.41, 5.74) is 3.99. The number of hydrogen-bond donors (Lipinski definition) is 0. The second-order valence-electron chi connectivity index (χ2n) is 6.33. The molecular formula is C20H20N2O. The fraction of sp³-hybridized carbons (Fsp3) is 0.300. The van der Waals surface area contributed by atoms with Gasteiger partial charge in [0.1, 0.15) is 5.65 Å². The van der Waals surface area contributed by atoms with Crippen LogP contribution in [-0.2, 0) is 6.42 Å². The highest BCUT2D eigenvalue weighted by molar-refractivity contribution is 5.81. The standard InChI is InChI=1S/C20H20N2O/c1-2-4-14-6-8-15(9-7-14)18-13-16-5-3-12-21-19(16)22(20(18)23)17-10-11-17/h3,5-9,12-13,17H,2,4,10-11H2,1H3. The first-order chi connectivity index (χ1) is 11.3. The van der Waals surface area contributed by atoms with Gasteiger partial charge in [0, 0.05) is 23.2 Å². The zero-order chi connectivity index (χ0) is 15.8. The molecule has 0 spiro atoms. The van der Waals surface area contributed by atoms with Gasteiger partial charge in [0.15, 0.2) is 0 Å². The summed E-state index contributed by atoms with van der Waals surface area (Å²) >= 11 is 0. The van der Waals surface area contributed by atoms with Gasteiger partial charge in [-0.3, -0.25) is 9.36 Å². The lowest BCUT2D eigenvalue weighted by Gasteiger charge is -2.11. The molecule has 1 fully saturated rings. The first kappa shape index (κ1) is 14.2. The average molecular weight is 304 g/mol. The highest BCUT2D eigenvalue weighted by Crippen LogP contribution is 2.36. The molecule has 0 bridgehead atoms. The first-order valence-corrected chi connectivity index (χ1v) is 8.37. The summed E-state index contributed by atoms with van der Waals surface area (Å²) in [4.78, 5) is 17.4. The van der Waals surface area contributed by atoms with Gasteiger partial charge < -0.3 is 0 Å². The Morgan fingerprint density at radius 2 is 1.96 bits per heavy atom. The van der Waals surface area contributed by atoms with E-state index >= 15 is 0 Å². The molecule has 3 nitrogen and oxygen atoms in total. The summed E-state index contributed by atoms with van der Waals surface area (Å²) in [7, 11) is 0. The third kappa shape index (κ3) is 2.56. The van der Waals surface area contributed by atoms with E-state index in [4.69, 9.17) is 0 Å². The highest BCUT2D eigenvalue weighted by atomic mass is 16.1. The van der Waals surface area contributed by atoms with E-state index in [2.05, 4.69) is 36.2 Å².